The van der Waals surface area contributed by atoms with Crippen LogP contribution in [0.2, 0.25) is 0 Å². The summed E-state index contributed by atoms with van der Waals surface area (Å²) in [6.07, 6.45) is 0.987. The van der Waals surface area contributed by atoms with Crippen LogP contribution in [0.5, 0.6) is 0 Å². The molecule has 0 aliphatic rings. The summed E-state index contributed by atoms with van der Waals surface area (Å²) in [5.41, 5.74) is 1.42. The maximum Gasteiger partial charge on any atom is 0.310 e. The molecule has 2 unspecified atom stereocenters. The second kappa shape index (κ2) is 4.96. The quantitative estimate of drug-likeness (QED) is 0.825. The molecular weight excluding hydrogens is 188 g/mol. The van der Waals surface area contributed by atoms with E-state index in [0.29, 0.717) is 11.5 Å². The fourth-order valence-electron chi connectivity index (χ4n) is 1.40. The highest BCUT2D eigenvalue weighted by Crippen LogP contribution is 2.22. The van der Waals surface area contributed by atoms with Crippen LogP contribution in [0, 0.1) is 0 Å². The molecule has 0 radical (unpaired) electrons. The lowest BCUT2D eigenvalue weighted by Gasteiger charge is -2.11. The Morgan fingerprint density at radius 1 is 1.40 bits per heavy atom. The van der Waals surface area contributed by atoms with E-state index in [-0.39, 0.29) is 0 Å². The molecule has 0 fully saturated rings. The molecule has 0 amide bonds. The van der Waals surface area contributed by atoms with E-state index < -0.39 is 18.7 Å². The molecule has 2 heteroatoms. The van der Waals surface area contributed by atoms with Gasteiger partial charge in [0.15, 0.2) is 0 Å². The summed E-state index contributed by atoms with van der Waals surface area (Å²) in [6, 6.07) is 6.83. The summed E-state index contributed by atoms with van der Waals surface area (Å²) < 4.78 is 21.9. The first kappa shape index (κ1) is 7.91. The van der Waals surface area contributed by atoms with Gasteiger partial charge in [0.25, 0.3) is 0 Å². The largest absolute Gasteiger partial charge is 0.481 e. The molecule has 1 aromatic rings. The average molecular weight is 209 g/mol. The van der Waals surface area contributed by atoms with Crippen molar-refractivity contribution in [2.24, 2.45) is 0 Å². The minimum absolute atomic E-state index is 0.328. The van der Waals surface area contributed by atoms with Crippen molar-refractivity contribution in [1.29, 1.82) is 0 Å². The Balaban J connectivity index is 3.06. The molecule has 0 saturated heterocycles. The Morgan fingerprint density at radius 3 is 2.33 bits per heavy atom. The smallest absolute Gasteiger partial charge is 0.310 e. The molecule has 2 nitrogen and oxygen atoms in total. The van der Waals surface area contributed by atoms with Crippen LogP contribution >= 0.6 is 0 Å². The Kier molecular flexibility index (Phi) is 2.62. The molecule has 15 heavy (non-hydrogen) atoms. The predicted octanol–water partition coefficient (Wildman–Crippen LogP) is 3.39. The summed E-state index contributed by atoms with van der Waals surface area (Å²) in [4.78, 5) is 11.1. The Hall–Kier alpha value is -1.31. The van der Waals surface area contributed by atoms with Crippen LogP contribution in [-0.4, -0.2) is 11.1 Å². The average Bonchev–Trinajstić information content (AvgIpc) is 2.26. The zero-order chi connectivity index (χ0) is 13.9. The molecule has 0 aliphatic heterocycles. The van der Waals surface area contributed by atoms with Crippen LogP contribution in [0.25, 0.3) is 0 Å². The molecule has 0 aromatic heterocycles. The number of rotatable bonds is 4. The molecule has 82 valence electrons. The van der Waals surface area contributed by atoms with Gasteiger partial charge in [0, 0.05) is 4.11 Å². The third-order valence-corrected chi connectivity index (χ3v) is 2.70. The fourth-order valence-corrected chi connectivity index (χ4v) is 1.40. The van der Waals surface area contributed by atoms with Gasteiger partial charge in [-0.15, -0.1) is 0 Å². The van der Waals surface area contributed by atoms with Gasteiger partial charge >= 0.3 is 5.97 Å². The number of benzene rings is 1. The highest BCUT2D eigenvalue weighted by atomic mass is 16.4. The standard InChI is InChI=1S/C13H18O2/c1-4-9(2)11-5-7-12(8-6-11)10(3)13(14)15/h5-10H,4H2,1-3H3,(H,14,15)/i3D3. The van der Waals surface area contributed by atoms with E-state index in [0.717, 1.165) is 12.0 Å². The van der Waals surface area contributed by atoms with E-state index >= 15 is 0 Å². The van der Waals surface area contributed by atoms with E-state index in [9.17, 15) is 4.79 Å². The maximum atomic E-state index is 11.1. The zero-order valence-corrected chi connectivity index (χ0v) is 9.03. The molecular formula is C13H18O2. The molecule has 0 aliphatic carbocycles. The molecule has 1 N–H and O–H groups in total. The minimum atomic E-state index is -2.52. The molecule has 0 bridgehead atoms. The van der Waals surface area contributed by atoms with E-state index in [1.165, 1.54) is 0 Å². The van der Waals surface area contributed by atoms with Crippen molar-refractivity contribution in [3.05, 3.63) is 35.4 Å². The fraction of sp³-hybridized carbons (Fsp3) is 0.462. The van der Waals surface area contributed by atoms with E-state index in [4.69, 9.17) is 9.22 Å². The van der Waals surface area contributed by atoms with Gasteiger partial charge in [-0.1, -0.05) is 38.1 Å². The van der Waals surface area contributed by atoms with Crippen LogP contribution in [0.15, 0.2) is 24.3 Å². The highest BCUT2D eigenvalue weighted by molar-refractivity contribution is 5.75. The maximum absolute atomic E-state index is 11.1. The zero-order valence-electron chi connectivity index (χ0n) is 12.0. The third kappa shape index (κ3) is 2.82. The van der Waals surface area contributed by atoms with E-state index in [1.807, 2.05) is 12.1 Å². The monoisotopic (exact) mass is 209 g/mol. The molecule has 0 spiro atoms. The van der Waals surface area contributed by atoms with Gasteiger partial charge in [-0.05, 0) is 30.3 Å². The lowest BCUT2D eigenvalue weighted by atomic mass is 9.94. The van der Waals surface area contributed by atoms with Gasteiger partial charge in [-0.2, -0.15) is 0 Å². The van der Waals surface area contributed by atoms with Gasteiger partial charge in [-0.3, -0.25) is 4.79 Å². The third-order valence-electron chi connectivity index (χ3n) is 2.70. The van der Waals surface area contributed by atoms with Crippen LogP contribution < -0.4 is 0 Å². The normalized spacial score (nSPS) is 18.4. The van der Waals surface area contributed by atoms with Crippen molar-refractivity contribution in [1.82, 2.24) is 0 Å². The number of hydrogen-bond donors (Lipinski definition) is 1. The van der Waals surface area contributed by atoms with Crippen molar-refractivity contribution in [2.75, 3.05) is 0 Å². The summed E-state index contributed by atoms with van der Waals surface area (Å²) in [5.74, 6) is -2.38. The lowest BCUT2D eigenvalue weighted by molar-refractivity contribution is -0.138. The van der Waals surface area contributed by atoms with Crippen LogP contribution in [0.1, 0.15) is 54.2 Å². The van der Waals surface area contributed by atoms with Crippen molar-refractivity contribution in [2.45, 2.75) is 39.0 Å². The first-order valence-electron chi connectivity index (χ1n) is 6.60. The second-order valence-electron chi connectivity index (χ2n) is 3.75. The van der Waals surface area contributed by atoms with Crippen molar-refractivity contribution in [3.8, 4) is 0 Å². The summed E-state index contributed by atoms with van der Waals surface area (Å²) >= 11 is 0. The number of carboxylic acid groups (broad SMARTS) is 1. The number of carboxylic acids is 1. The van der Waals surface area contributed by atoms with Crippen molar-refractivity contribution in [3.63, 3.8) is 0 Å². The van der Waals surface area contributed by atoms with Gasteiger partial charge in [0.05, 0.1) is 5.92 Å². The molecule has 0 heterocycles. The van der Waals surface area contributed by atoms with Gasteiger partial charge in [0.1, 0.15) is 0 Å². The second-order valence-corrected chi connectivity index (χ2v) is 3.75. The van der Waals surface area contributed by atoms with Crippen molar-refractivity contribution >= 4 is 5.97 Å². The van der Waals surface area contributed by atoms with E-state index in [1.54, 1.807) is 12.1 Å². The first-order valence-corrected chi connectivity index (χ1v) is 5.10. The molecule has 0 saturated carbocycles. The van der Waals surface area contributed by atoms with Crippen molar-refractivity contribution < 1.29 is 14.0 Å². The summed E-state index contributed by atoms with van der Waals surface area (Å²) in [5, 5.41) is 9.03. The molecule has 1 aromatic carbocycles. The molecule has 1 rings (SSSR count). The van der Waals surface area contributed by atoms with Gasteiger partial charge < -0.3 is 5.11 Å². The minimum Gasteiger partial charge on any atom is -0.481 e. The van der Waals surface area contributed by atoms with Crippen LogP contribution in [-0.2, 0) is 4.79 Å². The SMILES string of the molecule is [2H]C([2H])([2H])C(C(=O)O)c1ccc(C(C)CC)cc1. The lowest BCUT2D eigenvalue weighted by Crippen LogP contribution is -2.07. The Bertz CT molecular complexity index is 409. The molecule has 2 atom stereocenters. The highest BCUT2D eigenvalue weighted by Gasteiger charge is 2.13. The van der Waals surface area contributed by atoms with Crippen LogP contribution in [0.3, 0.4) is 0 Å². The number of aliphatic carboxylic acids is 1. The van der Waals surface area contributed by atoms with E-state index in [2.05, 4.69) is 13.8 Å². The Morgan fingerprint density at radius 2 is 1.93 bits per heavy atom. The number of carbonyl (C=O) groups is 1. The number of hydrogen-bond acceptors (Lipinski definition) is 1. The Labute approximate surface area is 95.2 Å². The summed E-state index contributed by atoms with van der Waals surface area (Å²) in [6.45, 7) is 1.62. The van der Waals surface area contributed by atoms with Gasteiger partial charge in [0.2, 0.25) is 0 Å². The predicted molar refractivity (Wildman–Crippen MR) is 61.2 cm³/mol. The first-order chi connectivity index (χ1) is 8.27. The van der Waals surface area contributed by atoms with Gasteiger partial charge in [-0.25, -0.2) is 0 Å². The topological polar surface area (TPSA) is 37.3 Å². The summed E-state index contributed by atoms with van der Waals surface area (Å²) in [7, 11) is 0. The van der Waals surface area contributed by atoms with Crippen LogP contribution in [0.4, 0.5) is 0 Å².